The first-order valence-corrected chi connectivity index (χ1v) is 5.77. The van der Waals surface area contributed by atoms with E-state index in [1.165, 1.54) is 13.8 Å². The average Bonchev–Trinajstić information content (AvgIpc) is 2.20. The van der Waals surface area contributed by atoms with Crippen LogP contribution >= 0.6 is 0 Å². The molecule has 2 N–H and O–H groups in total. The van der Waals surface area contributed by atoms with Crippen molar-refractivity contribution in [3.63, 3.8) is 0 Å². The molecule has 0 spiro atoms. The van der Waals surface area contributed by atoms with Crippen LogP contribution in [0.5, 0.6) is 0 Å². The zero-order valence-electron chi connectivity index (χ0n) is 10.2. The highest BCUT2D eigenvalue weighted by Crippen LogP contribution is 1.94. The van der Waals surface area contributed by atoms with Crippen LogP contribution in [0.1, 0.15) is 39.5 Å². The largest absolute Gasteiger partial charge is 0.356 e. The van der Waals surface area contributed by atoms with Crippen LogP contribution in [-0.4, -0.2) is 24.9 Å². The van der Waals surface area contributed by atoms with Crippen molar-refractivity contribution in [2.45, 2.75) is 39.5 Å². The van der Waals surface area contributed by atoms with Gasteiger partial charge in [-0.2, -0.15) is 0 Å². The third-order valence-corrected chi connectivity index (χ3v) is 2.01. The fourth-order valence-electron chi connectivity index (χ4n) is 1.20. The fraction of sp³-hybridized carbons (Fsp3) is 0.667. The van der Waals surface area contributed by atoms with Gasteiger partial charge in [0.05, 0.1) is 0 Å². The monoisotopic (exact) mass is 226 g/mol. The lowest BCUT2D eigenvalue weighted by atomic mass is 10.2. The molecule has 4 nitrogen and oxygen atoms in total. The maximum absolute atomic E-state index is 10.5. The van der Waals surface area contributed by atoms with Crippen molar-refractivity contribution < 1.29 is 9.59 Å². The number of hydrogen-bond donors (Lipinski definition) is 2. The quantitative estimate of drug-likeness (QED) is 0.485. The summed E-state index contributed by atoms with van der Waals surface area (Å²) in [5.41, 5.74) is 0. The number of allylic oxidation sites excluding steroid dienone is 2. The van der Waals surface area contributed by atoms with E-state index in [0.717, 1.165) is 38.8 Å². The maximum Gasteiger partial charge on any atom is 0.216 e. The summed E-state index contributed by atoms with van der Waals surface area (Å²) in [7, 11) is 0. The molecule has 0 aromatic rings. The first-order valence-electron chi connectivity index (χ1n) is 5.77. The van der Waals surface area contributed by atoms with Crippen LogP contribution in [0.4, 0.5) is 0 Å². The minimum absolute atomic E-state index is 0.0271. The van der Waals surface area contributed by atoms with Gasteiger partial charge in [-0.15, -0.1) is 0 Å². The van der Waals surface area contributed by atoms with Gasteiger partial charge < -0.3 is 10.6 Å². The van der Waals surface area contributed by atoms with E-state index in [0.29, 0.717) is 0 Å². The van der Waals surface area contributed by atoms with E-state index in [-0.39, 0.29) is 11.8 Å². The molecule has 0 saturated carbocycles. The highest BCUT2D eigenvalue weighted by molar-refractivity contribution is 5.72. The molecule has 0 bridgehead atoms. The van der Waals surface area contributed by atoms with E-state index in [4.69, 9.17) is 0 Å². The maximum atomic E-state index is 10.5. The Morgan fingerprint density at radius 3 is 1.56 bits per heavy atom. The van der Waals surface area contributed by atoms with Gasteiger partial charge in [-0.3, -0.25) is 9.59 Å². The van der Waals surface area contributed by atoms with E-state index in [1.807, 2.05) is 0 Å². The molecule has 0 aliphatic heterocycles. The fourth-order valence-corrected chi connectivity index (χ4v) is 1.20. The molecule has 0 saturated heterocycles. The predicted molar refractivity (Wildman–Crippen MR) is 65.0 cm³/mol. The van der Waals surface area contributed by atoms with E-state index in [2.05, 4.69) is 22.8 Å². The van der Waals surface area contributed by atoms with Crippen molar-refractivity contribution in [1.82, 2.24) is 10.6 Å². The summed E-state index contributed by atoms with van der Waals surface area (Å²) in [5, 5.41) is 5.50. The molecule has 2 amide bonds. The molecule has 0 aliphatic carbocycles. The lowest BCUT2D eigenvalue weighted by Gasteiger charge is -1.99. The zero-order chi connectivity index (χ0) is 12.2. The second kappa shape index (κ2) is 10.2. The summed E-state index contributed by atoms with van der Waals surface area (Å²) in [6, 6.07) is 0. The molecule has 16 heavy (non-hydrogen) atoms. The molecule has 0 aliphatic rings. The van der Waals surface area contributed by atoms with Crippen molar-refractivity contribution in [2.24, 2.45) is 0 Å². The predicted octanol–water partition coefficient (Wildman–Crippen LogP) is 1.38. The van der Waals surface area contributed by atoms with Gasteiger partial charge in [0.25, 0.3) is 0 Å². The molecule has 0 fully saturated rings. The van der Waals surface area contributed by atoms with Gasteiger partial charge in [0.1, 0.15) is 0 Å². The Kier molecular flexibility index (Phi) is 9.36. The summed E-state index contributed by atoms with van der Waals surface area (Å²) in [4.78, 5) is 21.1. The van der Waals surface area contributed by atoms with E-state index >= 15 is 0 Å². The van der Waals surface area contributed by atoms with Crippen LogP contribution in [0.15, 0.2) is 12.2 Å². The lowest BCUT2D eigenvalue weighted by molar-refractivity contribution is -0.119. The van der Waals surface area contributed by atoms with Crippen LogP contribution < -0.4 is 10.6 Å². The summed E-state index contributed by atoms with van der Waals surface area (Å²) in [5.74, 6) is 0.0542. The van der Waals surface area contributed by atoms with Gasteiger partial charge in [-0.05, 0) is 25.7 Å². The number of amides is 2. The highest BCUT2D eigenvalue weighted by atomic mass is 16.1. The highest BCUT2D eigenvalue weighted by Gasteiger charge is 1.89. The van der Waals surface area contributed by atoms with Crippen LogP contribution in [-0.2, 0) is 9.59 Å². The van der Waals surface area contributed by atoms with Crippen LogP contribution in [0.2, 0.25) is 0 Å². The van der Waals surface area contributed by atoms with Crippen molar-refractivity contribution in [3.05, 3.63) is 12.2 Å². The molecule has 0 rings (SSSR count). The van der Waals surface area contributed by atoms with E-state index in [1.54, 1.807) is 0 Å². The molecule has 0 heterocycles. The Bertz CT molecular complexity index is 213. The van der Waals surface area contributed by atoms with Gasteiger partial charge in [0.15, 0.2) is 0 Å². The molecular weight excluding hydrogens is 204 g/mol. The number of carbonyl (C=O) groups excluding carboxylic acids is 2. The Morgan fingerprint density at radius 1 is 0.875 bits per heavy atom. The Hall–Kier alpha value is -1.32. The Morgan fingerprint density at radius 2 is 1.25 bits per heavy atom. The molecule has 0 atom stereocenters. The Labute approximate surface area is 97.5 Å². The molecule has 4 heteroatoms. The molecule has 92 valence electrons. The number of carbonyl (C=O) groups is 2. The number of rotatable bonds is 8. The van der Waals surface area contributed by atoms with Gasteiger partial charge in [-0.25, -0.2) is 0 Å². The first kappa shape index (κ1) is 14.7. The second-order valence-corrected chi connectivity index (χ2v) is 3.72. The lowest BCUT2D eigenvalue weighted by Crippen LogP contribution is -2.20. The third kappa shape index (κ3) is 12.7. The minimum atomic E-state index is 0.0271. The summed E-state index contributed by atoms with van der Waals surface area (Å²) < 4.78 is 0. The Balaban J connectivity index is 3.16. The average molecular weight is 226 g/mol. The van der Waals surface area contributed by atoms with Crippen molar-refractivity contribution in [2.75, 3.05) is 13.1 Å². The summed E-state index contributed by atoms with van der Waals surface area (Å²) in [6.07, 6.45) is 8.16. The second-order valence-electron chi connectivity index (χ2n) is 3.72. The molecule has 0 aromatic heterocycles. The summed E-state index contributed by atoms with van der Waals surface area (Å²) in [6.45, 7) is 4.53. The van der Waals surface area contributed by atoms with Gasteiger partial charge in [-0.1, -0.05) is 12.2 Å². The molecule has 0 aromatic carbocycles. The topological polar surface area (TPSA) is 58.2 Å². The smallest absolute Gasteiger partial charge is 0.216 e. The summed E-state index contributed by atoms with van der Waals surface area (Å²) >= 11 is 0. The third-order valence-electron chi connectivity index (χ3n) is 2.01. The van der Waals surface area contributed by atoms with Crippen molar-refractivity contribution in [1.29, 1.82) is 0 Å². The van der Waals surface area contributed by atoms with Gasteiger partial charge >= 0.3 is 0 Å². The minimum Gasteiger partial charge on any atom is -0.356 e. The van der Waals surface area contributed by atoms with Crippen LogP contribution in [0.25, 0.3) is 0 Å². The number of hydrogen-bond acceptors (Lipinski definition) is 2. The van der Waals surface area contributed by atoms with Crippen molar-refractivity contribution in [3.8, 4) is 0 Å². The SMILES string of the molecule is CC(=O)NCCC/C=C\CCCNC(C)=O. The van der Waals surface area contributed by atoms with Gasteiger partial charge in [0.2, 0.25) is 11.8 Å². The zero-order valence-corrected chi connectivity index (χ0v) is 10.2. The van der Waals surface area contributed by atoms with E-state index in [9.17, 15) is 9.59 Å². The van der Waals surface area contributed by atoms with Crippen LogP contribution in [0, 0.1) is 0 Å². The standard InChI is InChI=1S/C12H22N2O2/c1-11(15)13-9-7-5-3-4-6-8-10-14-12(2)16/h3-4H,5-10H2,1-2H3,(H,13,15)(H,14,16)/b4-3-. The number of nitrogens with one attached hydrogen (secondary N) is 2. The molecule has 0 radical (unpaired) electrons. The first-order chi connectivity index (χ1) is 7.63. The van der Waals surface area contributed by atoms with E-state index < -0.39 is 0 Å². The molecule has 0 unspecified atom stereocenters. The van der Waals surface area contributed by atoms with Gasteiger partial charge in [0, 0.05) is 26.9 Å². The van der Waals surface area contributed by atoms with Crippen LogP contribution in [0.3, 0.4) is 0 Å². The normalized spacial score (nSPS) is 10.4. The van der Waals surface area contributed by atoms with Crippen molar-refractivity contribution >= 4 is 11.8 Å². The molecular formula is C12H22N2O2. The number of unbranched alkanes of at least 4 members (excludes halogenated alkanes) is 2.